The lowest BCUT2D eigenvalue weighted by atomic mass is 10.2. The molecule has 18 heavy (non-hydrogen) atoms. The van der Waals surface area contributed by atoms with Crippen molar-refractivity contribution in [2.75, 3.05) is 26.7 Å². The maximum atomic E-state index is 8.72. The van der Waals surface area contributed by atoms with Crippen molar-refractivity contribution in [3.8, 4) is 6.07 Å². The molecule has 0 saturated carbocycles. The second-order valence-electron chi connectivity index (χ2n) is 4.88. The van der Waals surface area contributed by atoms with Gasteiger partial charge in [0.25, 0.3) is 0 Å². The highest BCUT2D eigenvalue weighted by Gasteiger charge is 2.25. The molecule has 1 saturated heterocycles. The number of hydrogen-bond acceptors (Lipinski definition) is 3. The third kappa shape index (κ3) is 3.55. The molecule has 1 aromatic carbocycles. The Morgan fingerprint density at radius 1 is 1.56 bits per heavy atom. The molecule has 1 heterocycles. The number of likely N-dealkylation sites (tertiary alicyclic amines) is 1. The van der Waals surface area contributed by atoms with E-state index in [1.54, 1.807) is 0 Å². The Balaban J connectivity index is 1.88. The van der Waals surface area contributed by atoms with Gasteiger partial charge in [-0.2, -0.15) is 5.26 Å². The van der Waals surface area contributed by atoms with Gasteiger partial charge in [-0.3, -0.25) is 9.80 Å². The minimum absolute atomic E-state index is 0.523. The molecule has 1 fully saturated rings. The zero-order valence-corrected chi connectivity index (χ0v) is 12.2. The number of nitrogens with zero attached hydrogens (tertiary/aromatic N) is 3. The van der Waals surface area contributed by atoms with Gasteiger partial charge in [0, 0.05) is 30.1 Å². The van der Waals surface area contributed by atoms with E-state index >= 15 is 0 Å². The first-order chi connectivity index (χ1) is 8.69. The number of benzene rings is 1. The summed E-state index contributed by atoms with van der Waals surface area (Å²) in [5.74, 6) is 0. The molecule has 1 unspecified atom stereocenters. The van der Waals surface area contributed by atoms with Crippen molar-refractivity contribution in [2.24, 2.45) is 0 Å². The minimum Gasteiger partial charge on any atom is -0.297 e. The molecular formula is C14H18BrN3. The zero-order chi connectivity index (χ0) is 13.0. The van der Waals surface area contributed by atoms with Gasteiger partial charge in [0.2, 0.25) is 0 Å². The van der Waals surface area contributed by atoms with Crippen LogP contribution in [0.4, 0.5) is 0 Å². The predicted octanol–water partition coefficient (Wildman–Crippen LogP) is 2.48. The maximum absolute atomic E-state index is 8.72. The van der Waals surface area contributed by atoms with Gasteiger partial charge < -0.3 is 0 Å². The molecule has 0 N–H and O–H groups in total. The Bertz CT molecular complexity index is 441. The fraction of sp³-hybridized carbons (Fsp3) is 0.500. The molecule has 4 heteroatoms. The first kappa shape index (κ1) is 13.5. The second kappa shape index (κ2) is 6.33. The Morgan fingerprint density at radius 2 is 2.39 bits per heavy atom. The summed E-state index contributed by atoms with van der Waals surface area (Å²) < 4.78 is 1.14. The van der Waals surface area contributed by atoms with E-state index in [2.05, 4.69) is 56.1 Å². The fourth-order valence-corrected chi connectivity index (χ4v) is 2.90. The first-order valence-electron chi connectivity index (χ1n) is 6.23. The number of halogens is 1. The van der Waals surface area contributed by atoms with Crippen LogP contribution in [-0.2, 0) is 6.54 Å². The van der Waals surface area contributed by atoms with Gasteiger partial charge in [0.15, 0.2) is 0 Å². The summed E-state index contributed by atoms with van der Waals surface area (Å²) in [4.78, 5) is 4.61. The predicted molar refractivity (Wildman–Crippen MR) is 76.1 cm³/mol. The lowest BCUT2D eigenvalue weighted by Crippen LogP contribution is -2.34. The molecular weight excluding hydrogens is 290 g/mol. The molecule has 0 spiro atoms. The molecule has 0 amide bonds. The highest BCUT2D eigenvalue weighted by atomic mass is 79.9. The molecule has 0 bridgehead atoms. The van der Waals surface area contributed by atoms with E-state index in [1.807, 2.05) is 7.05 Å². The summed E-state index contributed by atoms with van der Waals surface area (Å²) in [6, 6.07) is 11.2. The monoisotopic (exact) mass is 307 g/mol. The quantitative estimate of drug-likeness (QED) is 0.801. The van der Waals surface area contributed by atoms with Crippen LogP contribution in [0.1, 0.15) is 12.0 Å². The lowest BCUT2D eigenvalue weighted by Gasteiger charge is -2.22. The van der Waals surface area contributed by atoms with E-state index in [0.29, 0.717) is 12.6 Å². The molecule has 2 rings (SSSR count). The summed E-state index contributed by atoms with van der Waals surface area (Å²) in [5, 5.41) is 8.72. The molecule has 1 aliphatic heterocycles. The van der Waals surface area contributed by atoms with Gasteiger partial charge >= 0.3 is 0 Å². The van der Waals surface area contributed by atoms with Crippen molar-refractivity contribution >= 4 is 15.9 Å². The first-order valence-corrected chi connectivity index (χ1v) is 7.02. The van der Waals surface area contributed by atoms with Crippen molar-refractivity contribution in [3.63, 3.8) is 0 Å². The van der Waals surface area contributed by atoms with Gasteiger partial charge in [-0.1, -0.05) is 28.1 Å². The van der Waals surface area contributed by atoms with E-state index in [4.69, 9.17) is 5.26 Å². The molecule has 96 valence electrons. The molecule has 1 atom stereocenters. The maximum Gasteiger partial charge on any atom is 0.0866 e. The van der Waals surface area contributed by atoms with E-state index in [0.717, 1.165) is 30.5 Å². The van der Waals surface area contributed by atoms with Crippen molar-refractivity contribution in [1.82, 2.24) is 9.80 Å². The standard InChI is InChI=1S/C14H18BrN3/c1-17(8-6-16)14-5-7-18(11-14)10-12-3-2-4-13(15)9-12/h2-4,9,14H,5,7-8,10-11H2,1H3. The van der Waals surface area contributed by atoms with Gasteiger partial charge in [-0.25, -0.2) is 0 Å². The van der Waals surface area contributed by atoms with Crippen LogP contribution in [0.2, 0.25) is 0 Å². The third-order valence-electron chi connectivity index (χ3n) is 3.49. The van der Waals surface area contributed by atoms with Gasteiger partial charge in [-0.05, 0) is 31.2 Å². The van der Waals surface area contributed by atoms with Crippen molar-refractivity contribution in [2.45, 2.75) is 19.0 Å². The van der Waals surface area contributed by atoms with Crippen molar-refractivity contribution in [3.05, 3.63) is 34.3 Å². The van der Waals surface area contributed by atoms with Gasteiger partial charge in [0.05, 0.1) is 12.6 Å². The van der Waals surface area contributed by atoms with E-state index in [9.17, 15) is 0 Å². The average molecular weight is 308 g/mol. The average Bonchev–Trinajstić information content (AvgIpc) is 2.78. The Morgan fingerprint density at radius 3 is 3.11 bits per heavy atom. The van der Waals surface area contributed by atoms with Crippen LogP contribution < -0.4 is 0 Å². The molecule has 3 nitrogen and oxygen atoms in total. The van der Waals surface area contributed by atoms with Crippen LogP contribution in [0.3, 0.4) is 0 Å². The Labute approximate surface area is 117 Å². The SMILES string of the molecule is CN(CC#N)C1CCN(Cc2cccc(Br)c2)C1. The van der Waals surface area contributed by atoms with Gasteiger partial charge in [0.1, 0.15) is 0 Å². The zero-order valence-electron chi connectivity index (χ0n) is 10.6. The minimum atomic E-state index is 0.523. The number of nitriles is 1. The summed E-state index contributed by atoms with van der Waals surface area (Å²) in [5.41, 5.74) is 1.34. The van der Waals surface area contributed by atoms with E-state index < -0.39 is 0 Å². The Hall–Kier alpha value is -0.890. The third-order valence-corrected chi connectivity index (χ3v) is 3.98. The van der Waals surface area contributed by atoms with Crippen LogP contribution in [0.5, 0.6) is 0 Å². The lowest BCUT2D eigenvalue weighted by molar-refractivity contribution is 0.249. The topological polar surface area (TPSA) is 30.3 Å². The van der Waals surface area contributed by atoms with Crippen molar-refractivity contribution < 1.29 is 0 Å². The molecule has 1 aromatic rings. The number of rotatable bonds is 4. The molecule has 1 aliphatic rings. The number of likely N-dealkylation sites (N-methyl/N-ethyl adjacent to an activating group) is 1. The van der Waals surface area contributed by atoms with E-state index in [1.165, 1.54) is 5.56 Å². The van der Waals surface area contributed by atoms with Crippen LogP contribution >= 0.6 is 15.9 Å². The normalized spacial score (nSPS) is 20.2. The molecule has 0 aliphatic carbocycles. The number of hydrogen-bond donors (Lipinski definition) is 0. The summed E-state index contributed by atoms with van der Waals surface area (Å²) >= 11 is 3.50. The largest absolute Gasteiger partial charge is 0.297 e. The van der Waals surface area contributed by atoms with Crippen LogP contribution in [0, 0.1) is 11.3 Å². The fourth-order valence-electron chi connectivity index (χ4n) is 2.45. The highest BCUT2D eigenvalue weighted by Crippen LogP contribution is 2.18. The van der Waals surface area contributed by atoms with Gasteiger partial charge in [-0.15, -0.1) is 0 Å². The van der Waals surface area contributed by atoms with Crippen LogP contribution in [0.15, 0.2) is 28.7 Å². The summed E-state index contributed by atoms with van der Waals surface area (Å²) in [7, 11) is 2.04. The Kier molecular flexibility index (Phi) is 4.76. The molecule has 0 aromatic heterocycles. The summed E-state index contributed by atoms with van der Waals surface area (Å²) in [6.45, 7) is 3.70. The highest BCUT2D eigenvalue weighted by molar-refractivity contribution is 9.10. The van der Waals surface area contributed by atoms with E-state index in [-0.39, 0.29) is 0 Å². The molecule has 0 radical (unpaired) electrons. The smallest absolute Gasteiger partial charge is 0.0866 e. The second-order valence-corrected chi connectivity index (χ2v) is 5.80. The van der Waals surface area contributed by atoms with Crippen LogP contribution in [-0.4, -0.2) is 42.5 Å². The summed E-state index contributed by atoms with van der Waals surface area (Å²) in [6.07, 6.45) is 1.16. The van der Waals surface area contributed by atoms with Crippen molar-refractivity contribution in [1.29, 1.82) is 5.26 Å². The van der Waals surface area contributed by atoms with Crippen LogP contribution in [0.25, 0.3) is 0 Å².